The Bertz CT molecular complexity index is 557. The summed E-state index contributed by atoms with van der Waals surface area (Å²) < 4.78 is 0. The van der Waals surface area contributed by atoms with Crippen LogP contribution in [-0.4, -0.2) is 60.3 Å². The number of piperidine rings is 1. The van der Waals surface area contributed by atoms with Gasteiger partial charge in [0.1, 0.15) is 0 Å². The van der Waals surface area contributed by atoms with E-state index >= 15 is 0 Å². The van der Waals surface area contributed by atoms with Gasteiger partial charge in [0.15, 0.2) is 0 Å². The van der Waals surface area contributed by atoms with E-state index in [1.165, 1.54) is 11.1 Å². The van der Waals surface area contributed by atoms with E-state index < -0.39 is 0 Å². The number of aryl methyl sites for hydroxylation is 1. The highest BCUT2D eigenvalue weighted by Gasteiger charge is 2.39. The summed E-state index contributed by atoms with van der Waals surface area (Å²) in [6, 6.07) is 8.63. The van der Waals surface area contributed by atoms with Crippen molar-refractivity contribution in [2.45, 2.75) is 50.8 Å². The lowest BCUT2D eigenvalue weighted by atomic mass is 10.0. The number of rotatable bonds is 5. The van der Waals surface area contributed by atoms with E-state index in [2.05, 4.69) is 46.7 Å². The summed E-state index contributed by atoms with van der Waals surface area (Å²) in [5, 5.41) is 16.5. The van der Waals surface area contributed by atoms with Crippen LogP contribution in [0, 0.1) is 6.92 Å². The van der Waals surface area contributed by atoms with E-state index in [1.54, 1.807) is 0 Å². The Hall–Kier alpha value is -1.43. The summed E-state index contributed by atoms with van der Waals surface area (Å²) in [5.41, 5.74) is 2.49. The highest BCUT2D eigenvalue weighted by molar-refractivity contribution is 5.82. The maximum absolute atomic E-state index is 12.6. The molecule has 0 bridgehead atoms. The third-order valence-corrected chi connectivity index (χ3v) is 5.19. The monoisotopic (exact) mass is 331 g/mol. The van der Waals surface area contributed by atoms with Crippen molar-refractivity contribution < 1.29 is 9.90 Å². The van der Waals surface area contributed by atoms with E-state index in [4.69, 9.17) is 0 Å². The number of β-amino-alcohol motifs (C(OH)–C–C–N with tert-alkyl or cyclic N) is 1. The molecule has 0 aliphatic carbocycles. The normalized spacial score (nSPS) is 25.8. The molecule has 2 heterocycles. The Kier molecular flexibility index (Phi) is 5.87. The highest BCUT2D eigenvalue weighted by Crippen LogP contribution is 2.25. The zero-order chi connectivity index (χ0) is 16.9. The fourth-order valence-corrected chi connectivity index (χ4v) is 3.95. The molecule has 0 spiro atoms. The zero-order valence-electron chi connectivity index (χ0n) is 14.5. The summed E-state index contributed by atoms with van der Waals surface area (Å²) in [6.45, 7) is 5.35. The van der Waals surface area contributed by atoms with E-state index in [-0.39, 0.29) is 18.1 Å². The van der Waals surface area contributed by atoms with Crippen LogP contribution in [0.3, 0.4) is 0 Å². The predicted molar refractivity (Wildman–Crippen MR) is 94.9 cm³/mol. The SMILES string of the molecule is Cc1cccc(CCNC(=O)[C@@H]2C[C@@H](O)CN2C2CCNCC2)c1. The van der Waals surface area contributed by atoms with Gasteiger partial charge in [0, 0.05) is 19.1 Å². The van der Waals surface area contributed by atoms with E-state index in [0.29, 0.717) is 25.6 Å². The molecular formula is C19H29N3O2. The molecule has 1 amide bonds. The van der Waals surface area contributed by atoms with Gasteiger partial charge in [-0.05, 0) is 51.3 Å². The lowest BCUT2D eigenvalue weighted by Gasteiger charge is -2.35. The van der Waals surface area contributed by atoms with E-state index in [0.717, 1.165) is 32.4 Å². The second-order valence-electron chi connectivity index (χ2n) is 7.11. The molecule has 0 aromatic heterocycles. The van der Waals surface area contributed by atoms with Gasteiger partial charge >= 0.3 is 0 Å². The summed E-state index contributed by atoms with van der Waals surface area (Å²) in [6.07, 6.45) is 3.13. The van der Waals surface area contributed by atoms with Crippen LogP contribution in [0.2, 0.25) is 0 Å². The molecule has 2 atom stereocenters. The van der Waals surface area contributed by atoms with Crippen LogP contribution in [0.15, 0.2) is 24.3 Å². The number of carbonyl (C=O) groups excluding carboxylic acids is 1. The zero-order valence-corrected chi connectivity index (χ0v) is 14.5. The van der Waals surface area contributed by atoms with Crippen molar-refractivity contribution in [2.24, 2.45) is 0 Å². The first kappa shape index (κ1) is 17.4. The van der Waals surface area contributed by atoms with E-state index in [1.807, 2.05) is 0 Å². The number of aliphatic hydroxyl groups is 1. The smallest absolute Gasteiger partial charge is 0.237 e. The first-order chi connectivity index (χ1) is 11.6. The molecule has 132 valence electrons. The molecular weight excluding hydrogens is 302 g/mol. The van der Waals surface area contributed by atoms with Crippen molar-refractivity contribution in [3.63, 3.8) is 0 Å². The van der Waals surface area contributed by atoms with Crippen LogP contribution >= 0.6 is 0 Å². The van der Waals surface area contributed by atoms with Gasteiger partial charge < -0.3 is 15.7 Å². The number of nitrogens with zero attached hydrogens (tertiary/aromatic N) is 1. The van der Waals surface area contributed by atoms with Gasteiger partial charge in [-0.15, -0.1) is 0 Å². The molecule has 5 nitrogen and oxygen atoms in total. The van der Waals surface area contributed by atoms with Gasteiger partial charge in [-0.2, -0.15) is 0 Å². The molecule has 3 rings (SSSR count). The number of nitrogens with one attached hydrogen (secondary N) is 2. The number of hydrogen-bond acceptors (Lipinski definition) is 4. The average molecular weight is 331 g/mol. The molecule has 0 unspecified atom stereocenters. The van der Waals surface area contributed by atoms with Crippen molar-refractivity contribution in [1.82, 2.24) is 15.5 Å². The quantitative estimate of drug-likeness (QED) is 0.748. The maximum atomic E-state index is 12.6. The molecule has 2 fully saturated rings. The van der Waals surface area contributed by atoms with Gasteiger partial charge in [0.25, 0.3) is 0 Å². The lowest BCUT2D eigenvalue weighted by molar-refractivity contribution is -0.126. The van der Waals surface area contributed by atoms with E-state index in [9.17, 15) is 9.90 Å². The van der Waals surface area contributed by atoms with Crippen molar-refractivity contribution in [3.05, 3.63) is 35.4 Å². The Balaban J connectivity index is 1.52. The predicted octanol–water partition coefficient (Wildman–Crippen LogP) is 0.841. The summed E-state index contributed by atoms with van der Waals surface area (Å²) in [5.74, 6) is 0.0673. The standard InChI is InChI=1S/C19H29N3O2/c1-14-3-2-4-15(11-14)5-10-21-19(24)18-12-17(23)13-22(18)16-6-8-20-9-7-16/h2-4,11,16-18,20,23H,5-10,12-13H2,1H3,(H,21,24)/t17-,18+/m1/s1. The third kappa shape index (κ3) is 4.35. The molecule has 24 heavy (non-hydrogen) atoms. The minimum Gasteiger partial charge on any atom is -0.392 e. The van der Waals surface area contributed by atoms with Crippen molar-refractivity contribution in [3.8, 4) is 0 Å². The van der Waals surface area contributed by atoms with Gasteiger partial charge in [0.05, 0.1) is 12.1 Å². The van der Waals surface area contributed by atoms with Crippen LogP contribution in [-0.2, 0) is 11.2 Å². The number of likely N-dealkylation sites (tertiary alicyclic amines) is 1. The Morgan fingerprint density at radius 1 is 1.38 bits per heavy atom. The van der Waals surface area contributed by atoms with Gasteiger partial charge in [-0.3, -0.25) is 9.69 Å². The van der Waals surface area contributed by atoms with Crippen molar-refractivity contribution in [1.29, 1.82) is 0 Å². The average Bonchev–Trinajstić information content (AvgIpc) is 2.98. The molecule has 5 heteroatoms. The number of carbonyl (C=O) groups is 1. The minimum absolute atomic E-state index is 0.0673. The first-order valence-corrected chi connectivity index (χ1v) is 9.11. The van der Waals surface area contributed by atoms with Crippen LogP contribution in [0.5, 0.6) is 0 Å². The topological polar surface area (TPSA) is 64.6 Å². The molecule has 3 N–H and O–H groups in total. The third-order valence-electron chi connectivity index (χ3n) is 5.19. The summed E-state index contributed by atoms with van der Waals surface area (Å²) >= 11 is 0. The number of aliphatic hydroxyl groups excluding tert-OH is 1. The largest absolute Gasteiger partial charge is 0.392 e. The fourth-order valence-electron chi connectivity index (χ4n) is 3.95. The maximum Gasteiger partial charge on any atom is 0.237 e. The lowest BCUT2D eigenvalue weighted by Crippen LogP contribution is -2.51. The molecule has 2 aliphatic heterocycles. The van der Waals surface area contributed by atoms with Gasteiger partial charge in [0.2, 0.25) is 5.91 Å². The molecule has 1 aromatic carbocycles. The minimum atomic E-state index is -0.382. The van der Waals surface area contributed by atoms with Crippen molar-refractivity contribution in [2.75, 3.05) is 26.2 Å². The van der Waals surface area contributed by atoms with Crippen LogP contribution < -0.4 is 10.6 Å². The Morgan fingerprint density at radius 2 is 2.17 bits per heavy atom. The van der Waals surface area contributed by atoms with Crippen molar-refractivity contribution >= 4 is 5.91 Å². The van der Waals surface area contributed by atoms with Crippen LogP contribution in [0.1, 0.15) is 30.4 Å². The Morgan fingerprint density at radius 3 is 2.92 bits per heavy atom. The second-order valence-corrected chi connectivity index (χ2v) is 7.11. The molecule has 1 aromatic rings. The highest BCUT2D eigenvalue weighted by atomic mass is 16.3. The summed E-state index contributed by atoms with van der Waals surface area (Å²) in [7, 11) is 0. The fraction of sp³-hybridized carbons (Fsp3) is 0.632. The molecule has 0 radical (unpaired) electrons. The first-order valence-electron chi connectivity index (χ1n) is 9.11. The van der Waals surface area contributed by atoms with Gasteiger partial charge in [-0.25, -0.2) is 0 Å². The van der Waals surface area contributed by atoms with Crippen LogP contribution in [0.25, 0.3) is 0 Å². The number of hydrogen-bond donors (Lipinski definition) is 3. The number of benzene rings is 1. The summed E-state index contributed by atoms with van der Waals surface area (Å²) in [4.78, 5) is 14.9. The molecule has 0 saturated carbocycles. The second kappa shape index (κ2) is 8.10. The number of amides is 1. The molecule has 2 saturated heterocycles. The van der Waals surface area contributed by atoms with Gasteiger partial charge in [-0.1, -0.05) is 29.8 Å². The van der Waals surface area contributed by atoms with Crippen LogP contribution in [0.4, 0.5) is 0 Å². The molecule has 2 aliphatic rings. The Labute approximate surface area is 144 Å².